The smallest absolute Gasteiger partial charge is 0.251 e. The number of rotatable bonds is 7. The molecular formula is C20H24N4O4S. The third kappa shape index (κ3) is 4.68. The van der Waals surface area contributed by atoms with Crippen molar-refractivity contribution < 1.29 is 19.1 Å². The molecule has 154 valence electrons. The highest BCUT2D eigenvalue weighted by molar-refractivity contribution is 7.07. The van der Waals surface area contributed by atoms with E-state index in [4.69, 9.17) is 9.47 Å². The molecule has 0 unspecified atom stereocenters. The molecule has 3 heterocycles. The number of nitrogens with zero attached hydrogens (tertiary/aromatic N) is 2. The van der Waals surface area contributed by atoms with Gasteiger partial charge in [-0.15, -0.1) is 11.3 Å². The fraction of sp³-hybridized carbons (Fsp3) is 0.450. The highest BCUT2D eigenvalue weighted by Gasteiger charge is 2.32. The van der Waals surface area contributed by atoms with E-state index >= 15 is 0 Å². The summed E-state index contributed by atoms with van der Waals surface area (Å²) in [6.45, 7) is 1.19. The van der Waals surface area contributed by atoms with Crippen LogP contribution in [-0.4, -0.2) is 54.2 Å². The number of hydrogen-bond acceptors (Lipinski definition) is 7. The van der Waals surface area contributed by atoms with Gasteiger partial charge in [0.25, 0.3) is 5.91 Å². The number of ether oxygens (including phenoxy) is 2. The van der Waals surface area contributed by atoms with E-state index in [1.54, 1.807) is 23.7 Å². The van der Waals surface area contributed by atoms with Crippen LogP contribution in [-0.2, 0) is 11.3 Å². The molecule has 8 nitrogen and oxygen atoms in total. The molecule has 0 spiro atoms. The first-order valence-corrected chi connectivity index (χ1v) is 10.6. The zero-order valence-corrected chi connectivity index (χ0v) is 17.0. The summed E-state index contributed by atoms with van der Waals surface area (Å²) in [5, 5.41) is 7.85. The Morgan fingerprint density at radius 1 is 1.21 bits per heavy atom. The number of benzene rings is 1. The zero-order chi connectivity index (χ0) is 20.2. The molecule has 0 saturated carbocycles. The highest BCUT2D eigenvalue weighted by atomic mass is 32.1. The van der Waals surface area contributed by atoms with E-state index in [2.05, 4.69) is 20.5 Å². The normalized spacial score (nSPS) is 20.6. The lowest BCUT2D eigenvalue weighted by atomic mass is 10.1. The summed E-state index contributed by atoms with van der Waals surface area (Å²) >= 11 is 1.52. The molecule has 29 heavy (non-hydrogen) atoms. The van der Waals surface area contributed by atoms with Crippen LogP contribution in [0.5, 0.6) is 11.5 Å². The van der Waals surface area contributed by atoms with Gasteiger partial charge in [-0.1, -0.05) is 0 Å². The Balaban J connectivity index is 1.23. The molecule has 2 amide bonds. The van der Waals surface area contributed by atoms with Crippen molar-refractivity contribution in [2.24, 2.45) is 0 Å². The van der Waals surface area contributed by atoms with Crippen LogP contribution < -0.4 is 20.1 Å². The van der Waals surface area contributed by atoms with Gasteiger partial charge in [0, 0.05) is 36.0 Å². The molecule has 1 saturated heterocycles. The van der Waals surface area contributed by atoms with Gasteiger partial charge in [-0.25, -0.2) is 4.98 Å². The third-order valence-corrected chi connectivity index (χ3v) is 6.12. The highest BCUT2D eigenvalue weighted by Crippen LogP contribution is 2.32. The first kappa shape index (κ1) is 19.7. The lowest BCUT2D eigenvalue weighted by Gasteiger charge is -2.25. The van der Waals surface area contributed by atoms with E-state index in [0.29, 0.717) is 36.6 Å². The fourth-order valence-electron chi connectivity index (χ4n) is 3.73. The molecule has 0 radical (unpaired) electrons. The van der Waals surface area contributed by atoms with Crippen LogP contribution >= 0.6 is 11.3 Å². The predicted octanol–water partition coefficient (Wildman–Crippen LogP) is 1.77. The molecule has 1 aromatic heterocycles. The van der Waals surface area contributed by atoms with Crippen molar-refractivity contribution in [1.29, 1.82) is 0 Å². The summed E-state index contributed by atoms with van der Waals surface area (Å²) in [5.41, 5.74) is 3.19. The molecule has 2 N–H and O–H groups in total. The van der Waals surface area contributed by atoms with Crippen LogP contribution in [0.1, 0.15) is 35.3 Å². The average molecular weight is 417 g/mol. The number of carbonyl (C=O) groups excluding carboxylic acids is 2. The number of fused-ring (bicyclic) bond motifs is 1. The predicted molar refractivity (Wildman–Crippen MR) is 108 cm³/mol. The van der Waals surface area contributed by atoms with E-state index < -0.39 is 0 Å². The second kappa shape index (κ2) is 8.79. The maximum Gasteiger partial charge on any atom is 0.251 e. The van der Waals surface area contributed by atoms with Gasteiger partial charge in [0.15, 0.2) is 11.5 Å². The number of amides is 2. The quantitative estimate of drug-likeness (QED) is 0.715. The molecule has 2 atom stereocenters. The van der Waals surface area contributed by atoms with Crippen molar-refractivity contribution in [2.75, 3.05) is 20.4 Å². The van der Waals surface area contributed by atoms with Crippen molar-refractivity contribution in [1.82, 2.24) is 20.5 Å². The van der Waals surface area contributed by atoms with E-state index in [9.17, 15) is 9.59 Å². The van der Waals surface area contributed by atoms with E-state index in [1.807, 2.05) is 12.4 Å². The lowest BCUT2D eigenvalue weighted by molar-refractivity contribution is -0.122. The van der Waals surface area contributed by atoms with Gasteiger partial charge in [-0.05, 0) is 38.1 Å². The summed E-state index contributed by atoms with van der Waals surface area (Å²) in [6.07, 6.45) is 2.33. The standard InChI is InChI=1S/C20H24N4O4S/c1-24-15(7-19(25)21-8-14-10-29-11-23-14)3-4-16(24)9-22-20(26)13-2-5-17-18(6-13)28-12-27-17/h2,5-6,10-11,15-16H,3-4,7-9,12H2,1H3,(H,21,25)(H,22,26)/t15-,16+/m1/s1. The van der Waals surface area contributed by atoms with Gasteiger partial charge in [-0.2, -0.15) is 0 Å². The number of carbonyl (C=O) groups is 2. The second-order valence-corrected chi connectivity index (χ2v) is 8.01. The maximum absolute atomic E-state index is 12.5. The van der Waals surface area contributed by atoms with Crippen molar-refractivity contribution in [3.05, 3.63) is 40.3 Å². The number of thiazole rings is 1. The van der Waals surface area contributed by atoms with Crippen LogP contribution in [0.15, 0.2) is 29.1 Å². The SMILES string of the molecule is CN1[C@@H](CC(=O)NCc2cscn2)CC[C@H]1CNC(=O)c1ccc2c(c1)OCO2. The van der Waals surface area contributed by atoms with Gasteiger partial charge >= 0.3 is 0 Å². The van der Waals surface area contributed by atoms with Crippen molar-refractivity contribution >= 4 is 23.2 Å². The number of nitrogens with one attached hydrogen (secondary N) is 2. The van der Waals surface area contributed by atoms with Crippen LogP contribution in [0.2, 0.25) is 0 Å². The van der Waals surface area contributed by atoms with Gasteiger partial charge in [0.2, 0.25) is 12.7 Å². The molecule has 9 heteroatoms. The van der Waals surface area contributed by atoms with E-state index in [-0.39, 0.29) is 30.7 Å². The van der Waals surface area contributed by atoms with Crippen LogP contribution in [0.4, 0.5) is 0 Å². The van der Waals surface area contributed by atoms with Gasteiger partial charge in [0.1, 0.15) is 0 Å². The molecule has 0 aliphatic carbocycles. The molecule has 2 aromatic rings. The summed E-state index contributed by atoms with van der Waals surface area (Å²) in [6, 6.07) is 5.57. The monoisotopic (exact) mass is 416 g/mol. The Bertz CT molecular complexity index is 873. The molecule has 2 aliphatic heterocycles. The second-order valence-electron chi connectivity index (χ2n) is 7.29. The molecule has 1 aromatic carbocycles. The topological polar surface area (TPSA) is 92.8 Å². The summed E-state index contributed by atoms with van der Waals surface area (Å²) in [5.74, 6) is 1.15. The van der Waals surface area contributed by atoms with Crippen molar-refractivity contribution in [3.8, 4) is 11.5 Å². The summed E-state index contributed by atoms with van der Waals surface area (Å²) in [4.78, 5) is 31.1. The molecule has 0 bridgehead atoms. The maximum atomic E-state index is 12.5. The van der Waals surface area contributed by atoms with Crippen LogP contribution in [0.25, 0.3) is 0 Å². The molecule has 4 rings (SSSR count). The van der Waals surface area contributed by atoms with Gasteiger partial charge in [-0.3, -0.25) is 14.5 Å². The van der Waals surface area contributed by atoms with E-state index in [1.165, 1.54) is 11.3 Å². The Kier molecular flexibility index (Phi) is 5.96. The van der Waals surface area contributed by atoms with Gasteiger partial charge in [0.05, 0.1) is 17.7 Å². The fourth-order valence-corrected chi connectivity index (χ4v) is 4.29. The average Bonchev–Trinajstić information content (AvgIpc) is 3.47. The Morgan fingerprint density at radius 2 is 2.03 bits per heavy atom. The number of hydrogen-bond donors (Lipinski definition) is 2. The minimum absolute atomic E-state index is 0.0277. The number of likely N-dealkylation sites (tertiary alicyclic amines) is 1. The van der Waals surface area contributed by atoms with Crippen molar-refractivity contribution in [3.63, 3.8) is 0 Å². The Labute approximate surface area is 173 Å². The molecule has 2 aliphatic rings. The molecular weight excluding hydrogens is 392 g/mol. The summed E-state index contributed by atoms with van der Waals surface area (Å²) in [7, 11) is 2.02. The largest absolute Gasteiger partial charge is 0.454 e. The zero-order valence-electron chi connectivity index (χ0n) is 16.2. The summed E-state index contributed by atoms with van der Waals surface area (Å²) < 4.78 is 10.6. The van der Waals surface area contributed by atoms with Crippen LogP contribution in [0.3, 0.4) is 0 Å². The van der Waals surface area contributed by atoms with Crippen LogP contribution in [0, 0.1) is 0 Å². The molecule has 1 fully saturated rings. The Morgan fingerprint density at radius 3 is 2.86 bits per heavy atom. The number of aromatic nitrogens is 1. The first-order chi connectivity index (χ1) is 14.1. The minimum Gasteiger partial charge on any atom is -0.454 e. The van der Waals surface area contributed by atoms with Crippen molar-refractivity contribution in [2.45, 2.75) is 37.9 Å². The van der Waals surface area contributed by atoms with Gasteiger partial charge < -0.3 is 20.1 Å². The minimum atomic E-state index is -0.138. The Hall–Kier alpha value is -2.65. The first-order valence-electron chi connectivity index (χ1n) is 9.63. The number of likely N-dealkylation sites (N-methyl/N-ethyl adjacent to an activating group) is 1. The lowest BCUT2D eigenvalue weighted by Crippen LogP contribution is -2.42. The third-order valence-electron chi connectivity index (χ3n) is 5.49. The van der Waals surface area contributed by atoms with E-state index in [0.717, 1.165) is 18.5 Å².